The third-order valence-electron chi connectivity index (χ3n) is 4.83. The Balaban J connectivity index is 1.36. The summed E-state index contributed by atoms with van der Waals surface area (Å²) in [7, 11) is 1.60. The molecule has 0 aromatic heterocycles. The topological polar surface area (TPSA) is 96.6 Å². The van der Waals surface area contributed by atoms with Crippen LogP contribution in [-0.2, 0) is 4.79 Å². The summed E-state index contributed by atoms with van der Waals surface area (Å²) in [6.07, 6.45) is 1.65. The first-order valence-corrected chi connectivity index (χ1v) is 11.3. The van der Waals surface area contributed by atoms with E-state index < -0.39 is 5.91 Å². The Bertz CT molecular complexity index is 1160. The van der Waals surface area contributed by atoms with E-state index in [0.717, 1.165) is 10.6 Å². The number of nitrogens with zero attached hydrogens (tertiary/aromatic N) is 3. The van der Waals surface area contributed by atoms with E-state index in [4.69, 9.17) is 19.6 Å². The molecule has 0 spiro atoms. The highest BCUT2D eigenvalue weighted by atomic mass is 32.2. The SMILES string of the molecule is COc1ccccc1OCCOc1ccc(/C=C2/C(=N)N3N=C(C(C)C)SC3=NC2=O)cc1. The molecular weight excluding hydrogens is 440 g/mol. The summed E-state index contributed by atoms with van der Waals surface area (Å²) in [5.41, 5.74) is 0.964. The largest absolute Gasteiger partial charge is 0.493 e. The van der Waals surface area contributed by atoms with E-state index in [-0.39, 0.29) is 17.3 Å². The van der Waals surface area contributed by atoms with Crippen LogP contribution in [0, 0.1) is 11.3 Å². The monoisotopic (exact) mass is 464 g/mol. The van der Waals surface area contributed by atoms with Crippen molar-refractivity contribution in [3.8, 4) is 17.2 Å². The van der Waals surface area contributed by atoms with Gasteiger partial charge in [0.05, 0.1) is 12.7 Å². The van der Waals surface area contributed by atoms with Gasteiger partial charge in [0.25, 0.3) is 5.91 Å². The predicted octanol–water partition coefficient (Wildman–Crippen LogP) is 4.43. The molecule has 0 unspecified atom stereocenters. The van der Waals surface area contributed by atoms with Crippen LogP contribution in [0.5, 0.6) is 17.2 Å². The minimum Gasteiger partial charge on any atom is -0.493 e. The van der Waals surface area contributed by atoms with Gasteiger partial charge < -0.3 is 14.2 Å². The first-order chi connectivity index (χ1) is 16.0. The van der Waals surface area contributed by atoms with Crippen LogP contribution in [0.15, 0.2) is 64.2 Å². The number of hydrazone groups is 1. The molecule has 1 N–H and O–H groups in total. The number of thioether (sulfide) groups is 1. The van der Waals surface area contributed by atoms with Gasteiger partial charge in [-0.1, -0.05) is 38.1 Å². The zero-order valence-electron chi connectivity index (χ0n) is 18.6. The van der Waals surface area contributed by atoms with E-state index in [2.05, 4.69) is 10.1 Å². The Kier molecular flexibility index (Phi) is 6.79. The van der Waals surface area contributed by atoms with Crippen LogP contribution >= 0.6 is 11.8 Å². The van der Waals surface area contributed by atoms with Gasteiger partial charge in [-0.3, -0.25) is 10.2 Å². The van der Waals surface area contributed by atoms with Gasteiger partial charge in [-0.2, -0.15) is 15.1 Å². The second kappa shape index (κ2) is 9.91. The quantitative estimate of drug-likeness (QED) is 0.459. The van der Waals surface area contributed by atoms with Crippen LogP contribution in [0.1, 0.15) is 19.4 Å². The van der Waals surface area contributed by atoms with Crippen molar-refractivity contribution in [1.82, 2.24) is 5.01 Å². The van der Waals surface area contributed by atoms with E-state index >= 15 is 0 Å². The van der Waals surface area contributed by atoms with Crippen LogP contribution in [0.2, 0.25) is 0 Å². The molecule has 0 atom stereocenters. The van der Waals surface area contributed by atoms with Crippen LogP contribution in [0.4, 0.5) is 0 Å². The van der Waals surface area contributed by atoms with Gasteiger partial charge >= 0.3 is 0 Å². The maximum atomic E-state index is 12.5. The first-order valence-electron chi connectivity index (χ1n) is 10.4. The van der Waals surface area contributed by atoms with Crippen molar-refractivity contribution in [2.45, 2.75) is 13.8 Å². The van der Waals surface area contributed by atoms with Crippen molar-refractivity contribution in [2.75, 3.05) is 20.3 Å². The molecule has 8 nitrogen and oxygen atoms in total. The molecule has 0 bridgehead atoms. The molecule has 1 amide bonds. The first kappa shape index (κ1) is 22.6. The maximum Gasteiger partial charge on any atom is 0.283 e. The summed E-state index contributed by atoms with van der Waals surface area (Å²) in [5.74, 6) is 1.80. The van der Waals surface area contributed by atoms with Crippen LogP contribution < -0.4 is 14.2 Å². The summed E-state index contributed by atoms with van der Waals surface area (Å²) in [4.78, 5) is 16.6. The number of para-hydroxylation sites is 2. The van der Waals surface area contributed by atoms with Crippen molar-refractivity contribution in [3.63, 3.8) is 0 Å². The lowest BCUT2D eigenvalue weighted by molar-refractivity contribution is -0.114. The molecule has 2 aromatic rings. The summed E-state index contributed by atoms with van der Waals surface area (Å²) in [5, 5.41) is 15.6. The van der Waals surface area contributed by atoms with Gasteiger partial charge in [0.15, 0.2) is 17.3 Å². The zero-order valence-corrected chi connectivity index (χ0v) is 19.4. The molecule has 33 heavy (non-hydrogen) atoms. The van der Waals surface area contributed by atoms with Gasteiger partial charge in [-0.05, 0) is 47.7 Å². The number of fused-ring (bicyclic) bond motifs is 1. The number of rotatable bonds is 8. The smallest absolute Gasteiger partial charge is 0.283 e. The zero-order chi connectivity index (χ0) is 23.4. The highest BCUT2D eigenvalue weighted by Crippen LogP contribution is 2.31. The fourth-order valence-corrected chi connectivity index (χ4v) is 4.01. The number of carbonyl (C=O) groups is 1. The highest BCUT2D eigenvalue weighted by Gasteiger charge is 2.36. The molecule has 2 aromatic carbocycles. The molecule has 0 aliphatic carbocycles. The van der Waals surface area contributed by atoms with Crippen molar-refractivity contribution >= 4 is 39.8 Å². The molecule has 0 saturated heterocycles. The number of ether oxygens (including phenoxy) is 3. The Labute approximate surface area is 196 Å². The number of aliphatic imine (C=N–C) groups is 1. The number of hydrogen-bond donors (Lipinski definition) is 1. The normalized spacial score (nSPS) is 16.6. The van der Waals surface area contributed by atoms with Crippen LogP contribution in [-0.4, -0.2) is 47.3 Å². The van der Waals surface area contributed by atoms with Gasteiger partial charge in [0.2, 0.25) is 5.17 Å². The summed E-state index contributed by atoms with van der Waals surface area (Å²) in [6, 6.07) is 14.7. The van der Waals surface area contributed by atoms with E-state index in [9.17, 15) is 4.79 Å². The van der Waals surface area contributed by atoms with Gasteiger partial charge in [0.1, 0.15) is 24.0 Å². The molecule has 2 heterocycles. The van der Waals surface area contributed by atoms with Crippen LogP contribution in [0.3, 0.4) is 0 Å². The Hall–Kier alpha value is -3.59. The summed E-state index contributed by atoms with van der Waals surface area (Å²) < 4.78 is 16.7. The molecule has 0 radical (unpaired) electrons. The standard InChI is InChI=1S/C24H24N4O4S/c1-15(2)23-27-28-21(25)18(22(29)26-24(28)33-23)14-16-8-10-17(11-9-16)31-12-13-32-20-7-5-4-6-19(20)30-3/h4-11,14-15,25H,12-13H2,1-3H3/b18-14-,25-21?. The maximum absolute atomic E-state index is 12.5. The van der Waals surface area contributed by atoms with E-state index in [0.29, 0.717) is 35.6 Å². The van der Waals surface area contributed by atoms with Crippen molar-refractivity contribution in [3.05, 3.63) is 59.7 Å². The second-order valence-corrected chi connectivity index (χ2v) is 8.52. The molecule has 2 aliphatic heterocycles. The lowest BCUT2D eigenvalue weighted by Gasteiger charge is -2.20. The number of methoxy groups -OCH3 is 1. The lowest BCUT2D eigenvalue weighted by Crippen LogP contribution is -2.35. The number of benzene rings is 2. The number of amides is 1. The number of hydrogen-bond acceptors (Lipinski definition) is 7. The molecular formula is C24H24N4O4S. The van der Waals surface area contributed by atoms with Crippen molar-refractivity contribution in [1.29, 1.82) is 5.41 Å². The second-order valence-electron chi connectivity index (χ2n) is 7.53. The lowest BCUT2D eigenvalue weighted by atomic mass is 10.1. The Morgan fingerprint density at radius 2 is 1.76 bits per heavy atom. The predicted molar refractivity (Wildman–Crippen MR) is 130 cm³/mol. The van der Waals surface area contributed by atoms with Crippen molar-refractivity contribution < 1.29 is 19.0 Å². The summed E-state index contributed by atoms with van der Waals surface area (Å²) >= 11 is 1.33. The van der Waals surface area contributed by atoms with Gasteiger partial charge in [-0.25, -0.2) is 0 Å². The van der Waals surface area contributed by atoms with Crippen molar-refractivity contribution in [2.24, 2.45) is 16.0 Å². The molecule has 0 saturated carbocycles. The highest BCUT2D eigenvalue weighted by molar-refractivity contribution is 8.27. The average Bonchev–Trinajstić information content (AvgIpc) is 3.25. The van der Waals surface area contributed by atoms with E-state index in [1.807, 2.05) is 62.4 Å². The molecule has 0 fully saturated rings. The van der Waals surface area contributed by atoms with Gasteiger partial charge in [0, 0.05) is 5.92 Å². The fraction of sp³-hybridized carbons (Fsp3) is 0.250. The molecule has 4 rings (SSSR count). The minimum absolute atomic E-state index is 0.0296. The Morgan fingerprint density at radius 1 is 1.06 bits per heavy atom. The van der Waals surface area contributed by atoms with E-state index in [1.54, 1.807) is 13.2 Å². The number of nitrogens with one attached hydrogen (secondary N) is 1. The Morgan fingerprint density at radius 3 is 2.45 bits per heavy atom. The summed E-state index contributed by atoms with van der Waals surface area (Å²) in [6.45, 7) is 4.76. The fourth-order valence-electron chi connectivity index (χ4n) is 3.12. The third-order valence-corrected chi connectivity index (χ3v) is 6.04. The van der Waals surface area contributed by atoms with E-state index in [1.165, 1.54) is 16.8 Å². The number of amidine groups is 2. The van der Waals surface area contributed by atoms with Crippen LogP contribution in [0.25, 0.3) is 6.08 Å². The number of carbonyl (C=O) groups excluding carboxylic acids is 1. The van der Waals surface area contributed by atoms with Gasteiger partial charge in [-0.15, -0.1) is 0 Å². The molecule has 2 aliphatic rings. The third kappa shape index (κ3) is 5.09. The molecule has 170 valence electrons. The molecule has 9 heteroatoms. The average molecular weight is 465 g/mol. The minimum atomic E-state index is -0.437.